The van der Waals surface area contributed by atoms with E-state index in [9.17, 15) is 8.78 Å². The number of pyridine rings is 4. The molecular weight excluding hydrogens is 1750 g/mol. The molecule has 0 amide bonds. The Kier molecular flexibility index (Phi) is 23.4. The second-order valence-electron chi connectivity index (χ2n) is 27.7. The van der Waals surface area contributed by atoms with Gasteiger partial charge in [0.25, 0.3) is 0 Å². The van der Waals surface area contributed by atoms with Gasteiger partial charge in [0, 0.05) is 87.8 Å². The zero-order valence-electron chi connectivity index (χ0n) is 62.2. The van der Waals surface area contributed by atoms with Crippen LogP contribution in [0.2, 0.25) is 0 Å². The number of hydrogen-bond donors (Lipinski definition) is 0. The van der Waals surface area contributed by atoms with Crippen LogP contribution < -0.4 is 0 Å². The van der Waals surface area contributed by atoms with E-state index in [1.807, 2.05) is 97.6 Å². The summed E-state index contributed by atoms with van der Waals surface area (Å²) in [5.74, 6) is -0.652. The summed E-state index contributed by atoms with van der Waals surface area (Å²) in [6, 6.07) is 136. The third kappa shape index (κ3) is 16.7. The zero-order valence-corrected chi connectivity index (χ0v) is 67.0. The molecule has 0 aliphatic carbocycles. The molecule has 0 N–H and O–H groups in total. The summed E-state index contributed by atoms with van der Waals surface area (Å²) >= 11 is 0. The quantitative estimate of drug-likeness (QED) is 0.0905. The van der Waals surface area contributed by atoms with Crippen LogP contribution in [0.5, 0.6) is 0 Å². The van der Waals surface area contributed by atoms with Gasteiger partial charge in [0.15, 0.2) is 0 Å². The van der Waals surface area contributed by atoms with Gasteiger partial charge in [-0.1, -0.05) is 272 Å². The molecule has 18 aromatic rings. The number of nitrogens with zero attached hydrogens (tertiary/aromatic N) is 4. The molecule has 114 heavy (non-hydrogen) atoms. The Morgan fingerprint density at radius 2 is 0.561 bits per heavy atom. The second kappa shape index (κ2) is 35.0. The molecule has 550 valence electrons. The van der Waals surface area contributed by atoms with Crippen molar-refractivity contribution < 1.29 is 49.0 Å². The Labute approximate surface area is 691 Å². The Morgan fingerprint density at radius 1 is 0.219 bits per heavy atom. The van der Waals surface area contributed by atoms with E-state index in [1.54, 1.807) is 18.2 Å². The Bertz CT molecular complexity index is 6360. The van der Waals surface area contributed by atoms with Crippen LogP contribution in [0.15, 0.2) is 389 Å². The van der Waals surface area contributed by atoms with Crippen LogP contribution in [0.1, 0.15) is 11.1 Å². The van der Waals surface area contributed by atoms with Gasteiger partial charge in [-0.15, -0.1) is 126 Å². The third-order valence-corrected chi connectivity index (χ3v) is 20.3. The molecule has 18 rings (SSSR count). The van der Waals surface area contributed by atoms with Gasteiger partial charge in [-0.25, -0.2) is 0 Å². The summed E-state index contributed by atoms with van der Waals surface area (Å²) in [4.78, 5) is 19.4. The monoisotopic (exact) mass is 1820 g/mol. The average Bonchev–Trinajstić information content (AvgIpc) is 0.774. The third-order valence-electron chi connectivity index (χ3n) is 20.3. The maximum Gasteiger partial charge on any atom is 0.0380 e. The number of benzene rings is 14. The summed E-state index contributed by atoms with van der Waals surface area (Å²) in [6.45, 7) is 4.30. The van der Waals surface area contributed by atoms with E-state index < -0.39 is 0 Å². The fourth-order valence-electron chi connectivity index (χ4n) is 14.9. The normalized spacial score (nSPS) is 10.8. The first-order valence-electron chi connectivity index (χ1n) is 37.3. The molecule has 8 heteroatoms. The molecule has 4 heterocycles. The number of aromatic nitrogens is 4. The number of aryl methyl sites for hydroxylation is 2. The average molecular weight is 1820 g/mol. The molecule has 0 aliphatic rings. The summed E-state index contributed by atoms with van der Waals surface area (Å²) in [6.07, 6.45) is 7.73. The molecule has 0 unspecified atom stereocenters. The molecule has 0 bridgehead atoms. The van der Waals surface area contributed by atoms with Crippen LogP contribution in [0.3, 0.4) is 0 Å². The van der Waals surface area contributed by atoms with Crippen LogP contribution in [-0.4, -0.2) is 19.9 Å². The van der Waals surface area contributed by atoms with Gasteiger partial charge in [0.2, 0.25) is 0 Å². The predicted molar refractivity (Wildman–Crippen MR) is 456 cm³/mol. The van der Waals surface area contributed by atoms with E-state index >= 15 is 0 Å². The van der Waals surface area contributed by atoms with E-state index in [2.05, 4.69) is 298 Å². The first-order chi connectivity index (χ1) is 55.2. The van der Waals surface area contributed by atoms with Crippen molar-refractivity contribution in [1.29, 1.82) is 0 Å². The Morgan fingerprint density at radius 3 is 0.947 bits per heavy atom. The van der Waals surface area contributed by atoms with Crippen LogP contribution in [0.4, 0.5) is 8.78 Å². The first-order valence-corrected chi connectivity index (χ1v) is 37.3. The molecule has 2 radical (unpaired) electrons. The first kappa shape index (κ1) is 76.2. The van der Waals surface area contributed by atoms with Gasteiger partial charge >= 0.3 is 0 Å². The maximum absolute atomic E-state index is 14.5. The van der Waals surface area contributed by atoms with Crippen molar-refractivity contribution in [3.05, 3.63) is 436 Å². The van der Waals surface area contributed by atoms with Gasteiger partial charge in [0.1, 0.15) is 0 Å². The molecule has 14 aromatic carbocycles. The van der Waals surface area contributed by atoms with Gasteiger partial charge in [-0.2, -0.15) is 0 Å². The van der Waals surface area contributed by atoms with Gasteiger partial charge in [-0.3, -0.25) is 8.78 Å². The van der Waals surface area contributed by atoms with Crippen molar-refractivity contribution in [2.75, 3.05) is 0 Å². The van der Waals surface area contributed by atoms with Crippen molar-refractivity contribution >= 4 is 0 Å². The minimum absolute atomic E-state index is 0. The molecule has 0 atom stereocenters. The van der Waals surface area contributed by atoms with E-state index in [0.717, 1.165) is 156 Å². The molecule has 0 saturated heterocycles. The molecule has 4 aromatic heterocycles. The van der Waals surface area contributed by atoms with Gasteiger partial charge in [-0.05, 0) is 182 Å². The van der Waals surface area contributed by atoms with Gasteiger partial charge < -0.3 is 19.9 Å². The predicted octanol–water partition coefficient (Wildman–Crippen LogP) is 27.7. The minimum Gasteiger partial charge on any atom is -0.304 e. The van der Waals surface area contributed by atoms with E-state index in [4.69, 9.17) is 15.0 Å². The standard InChI is InChI=1S/2C53H35FN2.2Ir/c1-36-30-42(45-19-9-8-18-44(45)41-28-29-52(55-34-41)48-22-12-13-23-51(48)54)32-43(31-36)46-20-10-11-21-47(46)50-35-56-53(40-16-6-3-7-17-40)33-49(50)39-26-24-38(25-27-39)37-14-4-2-5-15-37;1-36-30-43(47-17-9-8-16-46(47)42-26-29-52(55-34-42)41-24-27-45(54)28-25-41)32-44(31-36)48-18-10-11-19-49(48)51-35-56-53(40-14-6-3-7-15-40)33-50(51)39-22-20-38(21-23-39)37-12-4-2-5-13-37;;/h2-16,18-21,23-35H,1H3;2-14,16-24,26-35H,1H3;;/q2*-2;;. The van der Waals surface area contributed by atoms with E-state index in [0.29, 0.717) is 11.3 Å². The number of hydrogen-bond acceptors (Lipinski definition) is 4. The summed E-state index contributed by atoms with van der Waals surface area (Å²) in [5, 5.41) is 0. The van der Waals surface area contributed by atoms with Crippen LogP contribution in [0, 0.1) is 49.7 Å². The molecular formula is C106H70F2Ir2N4-4. The summed E-state index contributed by atoms with van der Waals surface area (Å²) in [7, 11) is 0. The second-order valence-corrected chi connectivity index (χ2v) is 27.7. The van der Waals surface area contributed by atoms with Crippen LogP contribution in [0.25, 0.3) is 179 Å². The van der Waals surface area contributed by atoms with Crippen molar-refractivity contribution in [2.45, 2.75) is 13.8 Å². The van der Waals surface area contributed by atoms with Crippen molar-refractivity contribution in [3.8, 4) is 179 Å². The fraction of sp³-hybridized carbons (Fsp3) is 0.0189. The van der Waals surface area contributed by atoms with Crippen LogP contribution in [-0.2, 0) is 40.2 Å². The summed E-state index contributed by atoms with van der Waals surface area (Å²) < 4.78 is 28.1. The fourth-order valence-corrected chi connectivity index (χ4v) is 14.9. The summed E-state index contributed by atoms with van der Waals surface area (Å²) in [5.41, 5.74) is 34.8. The Hall–Kier alpha value is -13.2. The zero-order chi connectivity index (χ0) is 75.7. The van der Waals surface area contributed by atoms with E-state index in [1.165, 1.54) is 40.5 Å². The van der Waals surface area contributed by atoms with Crippen molar-refractivity contribution in [2.24, 2.45) is 0 Å². The molecule has 0 fully saturated rings. The molecule has 0 spiro atoms. The topological polar surface area (TPSA) is 51.6 Å². The van der Waals surface area contributed by atoms with Crippen molar-refractivity contribution in [1.82, 2.24) is 19.9 Å². The van der Waals surface area contributed by atoms with Crippen LogP contribution >= 0.6 is 0 Å². The van der Waals surface area contributed by atoms with E-state index in [-0.39, 0.29) is 51.8 Å². The SMILES string of the molecule is Cc1cc(-c2ccccc2-c2ccc(-c3[c-]cc(F)cc3)nc2)cc(-c2ccccc2-c2cnc(-c3[c-]cccc3)cc2-c2ccc(-c3ccccc3)cc2)c1.Cc1cc(-c2ccccc2-c2ccc(-c3[c-]cccc3F)nc2)cc(-c2ccccc2-c2cnc(-c3[c-]cccc3)cc2-c2ccc(-c3ccccc3)cc2)c1.[Ir].[Ir]. The maximum atomic E-state index is 14.5. The Balaban J connectivity index is 0.000000177. The molecule has 4 nitrogen and oxygen atoms in total. The number of rotatable bonds is 16. The minimum atomic E-state index is -0.338. The smallest absolute Gasteiger partial charge is 0.0380 e. The molecule has 0 aliphatic heterocycles. The number of halogens is 2. The van der Waals surface area contributed by atoms with Crippen molar-refractivity contribution in [3.63, 3.8) is 0 Å². The molecule has 0 saturated carbocycles. The van der Waals surface area contributed by atoms with Gasteiger partial charge in [0.05, 0.1) is 0 Å². The largest absolute Gasteiger partial charge is 0.304 e.